The first-order valence-corrected chi connectivity index (χ1v) is 7.05. The van der Waals surface area contributed by atoms with Crippen LogP contribution in [0.4, 0.5) is 5.69 Å². The van der Waals surface area contributed by atoms with Gasteiger partial charge in [0.1, 0.15) is 0 Å². The van der Waals surface area contributed by atoms with Gasteiger partial charge in [0.05, 0.1) is 12.0 Å². The highest BCUT2D eigenvalue weighted by molar-refractivity contribution is 7.97. The summed E-state index contributed by atoms with van der Waals surface area (Å²) in [6, 6.07) is 3.62. The van der Waals surface area contributed by atoms with Gasteiger partial charge in [0, 0.05) is 17.4 Å². The Balaban J connectivity index is 3.48. The van der Waals surface area contributed by atoms with Gasteiger partial charge in [-0.15, -0.1) is 0 Å². The highest BCUT2D eigenvalue weighted by atomic mass is 32.2. The van der Waals surface area contributed by atoms with Crippen molar-refractivity contribution in [2.24, 2.45) is 0 Å². The van der Waals surface area contributed by atoms with E-state index >= 15 is 0 Å². The SMILES string of the molecule is COc1c(CSC)cc(C(C)(C)C)cc1[N+](=O)[O-]. The van der Waals surface area contributed by atoms with E-state index in [0.29, 0.717) is 11.5 Å². The van der Waals surface area contributed by atoms with E-state index in [-0.39, 0.29) is 16.0 Å². The molecule has 0 aliphatic carbocycles. The number of methoxy groups -OCH3 is 1. The lowest BCUT2D eigenvalue weighted by molar-refractivity contribution is -0.385. The second kappa shape index (κ2) is 5.61. The van der Waals surface area contributed by atoms with Crippen LogP contribution in [0.15, 0.2) is 12.1 Å². The van der Waals surface area contributed by atoms with Crippen molar-refractivity contribution in [3.8, 4) is 5.75 Å². The Hall–Kier alpha value is -1.23. The molecule has 5 heteroatoms. The average molecular weight is 269 g/mol. The molecule has 1 aromatic rings. The first kappa shape index (κ1) is 14.8. The molecule has 100 valence electrons. The van der Waals surface area contributed by atoms with Crippen LogP contribution >= 0.6 is 11.8 Å². The Morgan fingerprint density at radius 2 is 2.00 bits per heavy atom. The zero-order chi connectivity index (χ0) is 13.9. The summed E-state index contributed by atoms with van der Waals surface area (Å²) in [5.74, 6) is 1.08. The van der Waals surface area contributed by atoms with Gasteiger partial charge in [-0.25, -0.2) is 0 Å². The zero-order valence-corrected chi connectivity index (χ0v) is 12.3. The molecule has 1 rings (SSSR count). The molecule has 0 aromatic heterocycles. The maximum atomic E-state index is 11.1. The number of nitro groups is 1. The number of hydrogen-bond acceptors (Lipinski definition) is 4. The second-order valence-electron chi connectivity index (χ2n) is 5.13. The predicted octanol–water partition coefficient (Wildman–Crippen LogP) is 3.76. The highest BCUT2D eigenvalue weighted by Gasteiger charge is 2.24. The number of benzene rings is 1. The summed E-state index contributed by atoms with van der Waals surface area (Å²) < 4.78 is 5.20. The van der Waals surface area contributed by atoms with Crippen molar-refractivity contribution in [2.75, 3.05) is 13.4 Å². The Kier molecular flexibility index (Phi) is 4.62. The number of nitrogens with zero attached hydrogens (tertiary/aromatic N) is 1. The minimum Gasteiger partial charge on any atom is -0.490 e. The van der Waals surface area contributed by atoms with Gasteiger partial charge < -0.3 is 4.74 Å². The largest absolute Gasteiger partial charge is 0.490 e. The third kappa shape index (κ3) is 3.16. The maximum Gasteiger partial charge on any atom is 0.311 e. The molecule has 0 saturated heterocycles. The van der Waals surface area contributed by atoms with Crippen LogP contribution in [0.1, 0.15) is 31.9 Å². The van der Waals surface area contributed by atoms with Crippen molar-refractivity contribution >= 4 is 17.4 Å². The third-order valence-electron chi connectivity index (χ3n) is 2.71. The topological polar surface area (TPSA) is 52.4 Å². The molecular weight excluding hydrogens is 250 g/mol. The minimum absolute atomic E-state index is 0.0500. The molecular formula is C13H19NO3S. The van der Waals surface area contributed by atoms with E-state index in [2.05, 4.69) is 0 Å². The van der Waals surface area contributed by atoms with Crippen LogP contribution in [-0.4, -0.2) is 18.3 Å². The van der Waals surface area contributed by atoms with Crippen molar-refractivity contribution in [1.29, 1.82) is 0 Å². The lowest BCUT2D eigenvalue weighted by Crippen LogP contribution is -2.12. The smallest absolute Gasteiger partial charge is 0.311 e. The number of thioether (sulfide) groups is 1. The summed E-state index contributed by atoms with van der Waals surface area (Å²) in [5, 5.41) is 11.1. The van der Waals surface area contributed by atoms with Crippen LogP contribution in [0.5, 0.6) is 5.75 Å². The molecule has 0 amide bonds. The lowest BCUT2D eigenvalue weighted by atomic mass is 9.85. The standard InChI is InChI=1S/C13H19NO3S/c1-13(2,3)10-6-9(8-18-5)12(17-4)11(7-10)14(15)16/h6-7H,8H2,1-5H3. The monoisotopic (exact) mass is 269 g/mol. The van der Waals surface area contributed by atoms with Crippen LogP contribution in [0, 0.1) is 10.1 Å². The van der Waals surface area contributed by atoms with Gasteiger partial charge in [-0.1, -0.05) is 26.8 Å². The van der Waals surface area contributed by atoms with Gasteiger partial charge >= 0.3 is 5.69 Å². The van der Waals surface area contributed by atoms with E-state index in [1.54, 1.807) is 17.8 Å². The molecule has 0 heterocycles. The van der Waals surface area contributed by atoms with Crippen molar-refractivity contribution in [1.82, 2.24) is 0 Å². The van der Waals surface area contributed by atoms with Crippen molar-refractivity contribution in [3.05, 3.63) is 33.4 Å². The molecule has 1 aromatic carbocycles. The predicted molar refractivity (Wildman–Crippen MR) is 75.6 cm³/mol. The molecule has 0 atom stereocenters. The maximum absolute atomic E-state index is 11.1. The molecule has 0 N–H and O–H groups in total. The van der Waals surface area contributed by atoms with E-state index in [9.17, 15) is 10.1 Å². The number of hydrogen-bond donors (Lipinski definition) is 0. The molecule has 0 saturated carbocycles. The van der Waals surface area contributed by atoms with E-state index in [1.165, 1.54) is 7.11 Å². The Bertz CT molecular complexity index is 452. The molecule has 4 nitrogen and oxygen atoms in total. The van der Waals surface area contributed by atoms with Gasteiger partial charge in [-0.2, -0.15) is 11.8 Å². The van der Waals surface area contributed by atoms with Crippen LogP contribution in [0.2, 0.25) is 0 Å². The van der Waals surface area contributed by atoms with Crippen LogP contribution in [0.3, 0.4) is 0 Å². The molecule has 0 bridgehead atoms. The Morgan fingerprint density at radius 1 is 1.39 bits per heavy atom. The van der Waals surface area contributed by atoms with Gasteiger partial charge in [-0.3, -0.25) is 10.1 Å². The summed E-state index contributed by atoms with van der Waals surface area (Å²) in [7, 11) is 1.48. The van der Waals surface area contributed by atoms with E-state index in [1.807, 2.05) is 33.1 Å². The van der Waals surface area contributed by atoms with Crippen molar-refractivity contribution < 1.29 is 9.66 Å². The number of rotatable bonds is 4. The highest BCUT2D eigenvalue weighted by Crippen LogP contribution is 2.37. The first-order chi connectivity index (χ1) is 8.31. The number of ether oxygens (including phenoxy) is 1. The number of nitro benzene ring substituents is 1. The second-order valence-corrected chi connectivity index (χ2v) is 5.99. The van der Waals surface area contributed by atoms with E-state index in [4.69, 9.17) is 4.74 Å². The summed E-state index contributed by atoms with van der Waals surface area (Å²) in [6.07, 6.45) is 1.97. The molecule has 0 unspecified atom stereocenters. The van der Waals surface area contributed by atoms with Crippen molar-refractivity contribution in [3.63, 3.8) is 0 Å². The lowest BCUT2D eigenvalue weighted by Gasteiger charge is -2.21. The molecule has 0 fully saturated rings. The van der Waals surface area contributed by atoms with Crippen LogP contribution in [0.25, 0.3) is 0 Å². The van der Waals surface area contributed by atoms with Crippen LogP contribution in [-0.2, 0) is 11.2 Å². The van der Waals surface area contributed by atoms with Gasteiger partial charge in [0.25, 0.3) is 0 Å². The van der Waals surface area contributed by atoms with Crippen LogP contribution < -0.4 is 4.74 Å². The fourth-order valence-electron chi connectivity index (χ4n) is 1.74. The fraction of sp³-hybridized carbons (Fsp3) is 0.538. The van der Waals surface area contributed by atoms with Gasteiger partial charge in [-0.05, 0) is 17.2 Å². The fourth-order valence-corrected chi connectivity index (χ4v) is 2.26. The van der Waals surface area contributed by atoms with E-state index < -0.39 is 0 Å². The average Bonchev–Trinajstić information content (AvgIpc) is 2.27. The normalized spacial score (nSPS) is 11.4. The van der Waals surface area contributed by atoms with Gasteiger partial charge in [0.15, 0.2) is 0 Å². The molecule has 18 heavy (non-hydrogen) atoms. The Morgan fingerprint density at radius 3 is 2.39 bits per heavy atom. The molecule has 0 radical (unpaired) electrons. The zero-order valence-electron chi connectivity index (χ0n) is 11.4. The summed E-state index contributed by atoms with van der Waals surface area (Å²) >= 11 is 1.62. The molecule has 0 spiro atoms. The summed E-state index contributed by atoms with van der Waals surface area (Å²) in [6.45, 7) is 6.13. The summed E-state index contributed by atoms with van der Waals surface area (Å²) in [4.78, 5) is 10.8. The van der Waals surface area contributed by atoms with Crippen molar-refractivity contribution in [2.45, 2.75) is 31.9 Å². The quantitative estimate of drug-likeness (QED) is 0.617. The third-order valence-corrected chi connectivity index (χ3v) is 3.31. The van der Waals surface area contributed by atoms with Gasteiger partial charge in [0.2, 0.25) is 5.75 Å². The molecule has 0 aliphatic heterocycles. The minimum atomic E-state index is -0.377. The summed E-state index contributed by atoms with van der Waals surface area (Å²) in [5.41, 5.74) is 1.77. The van der Waals surface area contributed by atoms with E-state index in [0.717, 1.165) is 11.1 Å². The first-order valence-electron chi connectivity index (χ1n) is 5.66. The Labute approximate surface area is 112 Å². The molecule has 0 aliphatic rings.